The van der Waals surface area contributed by atoms with E-state index >= 15 is 0 Å². The minimum atomic E-state index is -0.615. The summed E-state index contributed by atoms with van der Waals surface area (Å²) in [4.78, 5) is 2.18. The quantitative estimate of drug-likeness (QED) is 0.698. The first-order valence-electron chi connectivity index (χ1n) is 8.88. The fourth-order valence-electron chi connectivity index (χ4n) is 3.62. The largest absolute Gasteiger partial charge is 0.348 e. The zero-order valence-corrected chi connectivity index (χ0v) is 16.9. The number of hydrogen-bond donors (Lipinski definition) is 1. The average molecular weight is 381 g/mol. The zero-order chi connectivity index (χ0) is 17.5. The van der Waals surface area contributed by atoms with Gasteiger partial charge in [0, 0.05) is 0 Å². The van der Waals surface area contributed by atoms with Gasteiger partial charge in [0.05, 0.1) is 12.6 Å². The fraction of sp³-hybridized carbons (Fsp3) is 1.00. The van der Waals surface area contributed by atoms with Crippen molar-refractivity contribution in [1.82, 2.24) is 10.2 Å². The van der Waals surface area contributed by atoms with Crippen molar-refractivity contribution in [3.05, 3.63) is 0 Å². The molecule has 3 fully saturated rings. The molecule has 0 aliphatic carbocycles. The Bertz CT molecular complexity index is 449. The highest BCUT2D eigenvalue weighted by molar-refractivity contribution is 5.85. The van der Waals surface area contributed by atoms with Gasteiger partial charge in [-0.15, -0.1) is 12.4 Å². The summed E-state index contributed by atoms with van der Waals surface area (Å²) in [7, 11) is 4.17. The van der Waals surface area contributed by atoms with Gasteiger partial charge >= 0.3 is 0 Å². The van der Waals surface area contributed by atoms with Crippen LogP contribution < -0.4 is 5.32 Å². The Balaban J connectivity index is 0.00000225. The lowest BCUT2D eigenvalue weighted by molar-refractivity contribution is -0.223. The van der Waals surface area contributed by atoms with E-state index in [0.29, 0.717) is 6.61 Å². The molecule has 25 heavy (non-hydrogen) atoms. The van der Waals surface area contributed by atoms with Crippen molar-refractivity contribution >= 4 is 12.4 Å². The monoisotopic (exact) mass is 380 g/mol. The van der Waals surface area contributed by atoms with E-state index < -0.39 is 11.6 Å². The van der Waals surface area contributed by atoms with Crippen LogP contribution in [-0.4, -0.2) is 80.9 Å². The van der Waals surface area contributed by atoms with Crippen LogP contribution in [0.3, 0.4) is 0 Å². The minimum absolute atomic E-state index is 0. The van der Waals surface area contributed by atoms with Crippen molar-refractivity contribution in [2.24, 2.45) is 0 Å². The van der Waals surface area contributed by atoms with E-state index in [1.54, 1.807) is 0 Å². The first kappa shape index (κ1) is 21.3. The Labute approximate surface area is 157 Å². The number of rotatable bonds is 6. The molecular weight excluding hydrogens is 348 g/mol. The van der Waals surface area contributed by atoms with E-state index in [0.717, 1.165) is 19.5 Å². The van der Waals surface area contributed by atoms with E-state index in [1.165, 1.54) is 0 Å². The second kappa shape index (κ2) is 7.94. The van der Waals surface area contributed by atoms with E-state index in [1.807, 2.05) is 27.7 Å². The predicted octanol–water partition coefficient (Wildman–Crippen LogP) is 1.35. The normalized spacial score (nSPS) is 38.8. The van der Waals surface area contributed by atoms with Gasteiger partial charge in [-0.1, -0.05) is 0 Å². The lowest BCUT2D eigenvalue weighted by Gasteiger charge is -2.29. The van der Waals surface area contributed by atoms with Gasteiger partial charge in [0.15, 0.2) is 17.9 Å². The molecule has 0 aromatic heterocycles. The van der Waals surface area contributed by atoms with Crippen molar-refractivity contribution in [1.29, 1.82) is 0 Å². The molecule has 0 radical (unpaired) electrons. The highest BCUT2D eigenvalue weighted by Crippen LogP contribution is 2.40. The highest BCUT2D eigenvalue weighted by atomic mass is 35.5. The molecule has 148 valence electrons. The van der Waals surface area contributed by atoms with E-state index in [-0.39, 0.29) is 43.1 Å². The van der Waals surface area contributed by atoms with Crippen LogP contribution in [0.15, 0.2) is 0 Å². The van der Waals surface area contributed by atoms with Crippen molar-refractivity contribution in [3.63, 3.8) is 0 Å². The zero-order valence-electron chi connectivity index (χ0n) is 16.1. The molecular formula is C17H33ClN2O5. The Morgan fingerprint density at radius 1 is 1.00 bits per heavy atom. The van der Waals surface area contributed by atoms with Crippen LogP contribution in [0.1, 0.15) is 34.1 Å². The molecule has 3 heterocycles. The van der Waals surface area contributed by atoms with Crippen molar-refractivity contribution in [2.45, 2.75) is 76.3 Å². The molecule has 0 aromatic carbocycles. The van der Waals surface area contributed by atoms with Gasteiger partial charge in [-0.05, 0) is 61.3 Å². The summed E-state index contributed by atoms with van der Waals surface area (Å²) in [6.07, 6.45) is 0.315. The molecule has 3 aliphatic rings. The lowest BCUT2D eigenvalue weighted by Crippen LogP contribution is -2.51. The average Bonchev–Trinajstić information content (AvgIpc) is 3.04. The Morgan fingerprint density at radius 2 is 1.72 bits per heavy atom. The molecule has 0 bridgehead atoms. The van der Waals surface area contributed by atoms with Crippen LogP contribution in [-0.2, 0) is 23.7 Å². The van der Waals surface area contributed by atoms with Crippen LogP contribution >= 0.6 is 12.4 Å². The molecule has 8 heteroatoms. The fourth-order valence-corrected chi connectivity index (χ4v) is 3.62. The van der Waals surface area contributed by atoms with Crippen LogP contribution in [0.4, 0.5) is 0 Å². The molecule has 5 atom stereocenters. The number of fused-ring (bicyclic) bond motifs is 1. The molecule has 0 spiro atoms. The number of ether oxygens (including phenoxy) is 5. The molecule has 3 aliphatic heterocycles. The van der Waals surface area contributed by atoms with E-state index in [9.17, 15) is 0 Å². The molecule has 7 nitrogen and oxygen atoms in total. The van der Waals surface area contributed by atoms with Gasteiger partial charge in [0.2, 0.25) is 0 Å². The van der Waals surface area contributed by atoms with Crippen molar-refractivity contribution < 1.29 is 23.7 Å². The smallest absolute Gasteiger partial charge is 0.189 e. The summed E-state index contributed by atoms with van der Waals surface area (Å²) < 4.78 is 29.9. The maximum absolute atomic E-state index is 6.16. The number of halogens is 1. The van der Waals surface area contributed by atoms with E-state index in [2.05, 4.69) is 24.3 Å². The maximum atomic E-state index is 6.16. The summed E-state index contributed by atoms with van der Waals surface area (Å²) in [5.74, 6) is -1.18. The van der Waals surface area contributed by atoms with Gasteiger partial charge in [-0.25, -0.2) is 0 Å². The summed E-state index contributed by atoms with van der Waals surface area (Å²) in [6.45, 7) is 10.2. The van der Waals surface area contributed by atoms with Crippen LogP contribution in [0.25, 0.3) is 0 Å². The van der Waals surface area contributed by atoms with Crippen LogP contribution in [0.5, 0.6) is 0 Å². The Morgan fingerprint density at radius 3 is 2.32 bits per heavy atom. The predicted molar refractivity (Wildman–Crippen MR) is 95.8 cm³/mol. The van der Waals surface area contributed by atoms with Crippen molar-refractivity contribution in [3.8, 4) is 0 Å². The molecule has 3 saturated heterocycles. The number of nitrogens with one attached hydrogen (secondary N) is 1. The van der Waals surface area contributed by atoms with Crippen LogP contribution in [0.2, 0.25) is 0 Å². The van der Waals surface area contributed by atoms with Gasteiger partial charge in [0.1, 0.15) is 18.3 Å². The Hall–Kier alpha value is 0.01000. The number of hydrogen-bond acceptors (Lipinski definition) is 7. The summed E-state index contributed by atoms with van der Waals surface area (Å²) in [5, 5.41) is 3.61. The molecule has 0 saturated carbocycles. The molecule has 5 unspecified atom stereocenters. The second-order valence-corrected chi connectivity index (χ2v) is 8.07. The third kappa shape index (κ3) is 5.05. The first-order valence-corrected chi connectivity index (χ1v) is 8.88. The Kier molecular flexibility index (Phi) is 6.77. The lowest BCUT2D eigenvalue weighted by atomic mass is 10.0. The van der Waals surface area contributed by atoms with Crippen molar-refractivity contribution in [2.75, 3.05) is 33.8 Å². The van der Waals surface area contributed by atoms with Gasteiger partial charge in [0.25, 0.3) is 0 Å². The topological polar surface area (TPSA) is 61.4 Å². The van der Waals surface area contributed by atoms with Crippen LogP contribution in [0, 0.1) is 0 Å². The third-order valence-electron chi connectivity index (χ3n) is 4.65. The third-order valence-corrected chi connectivity index (χ3v) is 4.65. The molecule has 0 amide bonds. The SMILES string of the molecule is CN(C)CCCNC1C(C2COC(C)(C)O2)OC2OC(C)(C)OC21.Cl. The summed E-state index contributed by atoms with van der Waals surface area (Å²) >= 11 is 0. The van der Waals surface area contributed by atoms with Gasteiger partial charge in [-0.2, -0.15) is 0 Å². The summed E-state index contributed by atoms with van der Waals surface area (Å²) in [5.41, 5.74) is 0. The standard InChI is InChI=1S/C17H32N2O5.ClH/c1-16(2)20-10-11(22-16)13-12(18-8-7-9-19(5)6)14-15(21-13)24-17(3,4)23-14;/h11-15,18H,7-10H2,1-6H3;1H. The molecule has 0 aromatic rings. The second-order valence-electron chi connectivity index (χ2n) is 8.07. The van der Waals surface area contributed by atoms with Gasteiger partial charge < -0.3 is 33.9 Å². The van der Waals surface area contributed by atoms with Gasteiger partial charge in [-0.3, -0.25) is 0 Å². The summed E-state index contributed by atoms with van der Waals surface area (Å²) in [6, 6.07) is 0.0291. The highest BCUT2D eigenvalue weighted by Gasteiger charge is 2.57. The first-order chi connectivity index (χ1) is 11.2. The molecule has 3 rings (SSSR count). The molecule has 1 N–H and O–H groups in total. The minimum Gasteiger partial charge on any atom is -0.348 e. The van der Waals surface area contributed by atoms with E-state index in [4.69, 9.17) is 23.7 Å². The maximum Gasteiger partial charge on any atom is 0.189 e. The number of nitrogens with zero attached hydrogens (tertiary/aromatic N) is 1.